The number of rotatable bonds is 5. The predicted molar refractivity (Wildman–Crippen MR) is 101 cm³/mol. The minimum absolute atomic E-state index is 0.520. The lowest BCUT2D eigenvalue weighted by atomic mass is 10.2. The van der Waals surface area contributed by atoms with E-state index in [9.17, 15) is 9.59 Å². The molecule has 2 aromatic carbocycles. The summed E-state index contributed by atoms with van der Waals surface area (Å²) in [6.07, 6.45) is 1.43. The summed E-state index contributed by atoms with van der Waals surface area (Å²) in [5, 5.41) is 6.36. The number of nitrogens with one attached hydrogen (secondary N) is 2. The van der Waals surface area contributed by atoms with Crippen LogP contribution in [0.2, 0.25) is 0 Å². The lowest BCUT2D eigenvalue weighted by Crippen LogP contribution is -2.32. The molecule has 6 nitrogen and oxygen atoms in total. The summed E-state index contributed by atoms with van der Waals surface area (Å²) >= 11 is 3.34. The van der Waals surface area contributed by atoms with Gasteiger partial charge in [-0.15, -0.1) is 0 Å². The van der Waals surface area contributed by atoms with Crippen LogP contribution >= 0.6 is 15.9 Å². The van der Waals surface area contributed by atoms with E-state index in [4.69, 9.17) is 4.74 Å². The first-order valence-electron chi connectivity index (χ1n) is 7.63. The molecule has 0 aliphatic rings. The summed E-state index contributed by atoms with van der Waals surface area (Å²) in [6.45, 7) is 4.23. The molecule has 2 amide bonds. The van der Waals surface area contributed by atoms with Crippen molar-refractivity contribution in [3.05, 3.63) is 58.1 Å². The van der Waals surface area contributed by atoms with Crippen LogP contribution in [0.15, 0.2) is 52.0 Å². The van der Waals surface area contributed by atoms with Gasteiger partial charge >= 0.3 is 11.8 Å². The lowest BCUT2D eigenvalue weighted by Gasteiger charge is -2.08. The second kappa shape index (κ2) is 8.98. The molecule has 0 unspecified atom stereocenters. The van der Waals surface area contributed by atoms with Crippen LogP contribution in [0.25, 0.3) is 0 Å². The molecule has 0 fully saturated rings. The molecule has 25 heavy (non-hydrogen) atoms. The molecule has 0 aliphatic heterocycles. The van der Waals surface area contributed by atoms with Gasteiger partial charge in [-0.05, 0) is 49.7 Å². The number of benzene rings is 2. The second-order valence-electron chi connectivity index (χ2n) is 5.08. The minimum atomic E-state index is -0.854. The predicted octanol–water partition coefficient (Wildman–Crippen LogP) is 3.25. The third-order valence-electron chi connectivity index (χ3n) is 3.23. The molecule has 0 saturated heterocycles. The standard InChI is InChI=1S/C18H18BrN3O3/c1-3-25-16-7-5-4-6-13(16)11-20-22-18(24)17(23)21-15-9-8-14(19)10-12(15)2/h4-11H,3H2,1-2H3,(H,21,23)(H,22,24)/b20-11+. The number of para-hydroxylation sites is 1. The van der Waals surface area contributed by atoms with Crippen LogP contribution in [0.1, 0.15) is 18.1 Å². The Bertz CT molecular complexity index is 806. The van der Waals surface area contributed by atoms with Gasteiger partial charge in [-0.25, -0.2) is 5.43 Å². The number of carbonyl (C=O) groups is 2. The van der Waals surface area contributed by atoms with E-state index in [1.807, 2.05) is 32.0 Å². The summed E-state index contributed by atoms with van der Waals surface area (Å²) < 4.78 is 6.35. The maximum absolute atomic E-state index is 11.9. The van der Waals surface area contributed by atoms with Gasteiger partial charge in [-0.1, -0.05) is 28.1 Å². The summed E-state index contributed by atoms with van der Waals surface area (Å²) in [6, 6.07) is 12.6. The molecule has 2 N–H and O–H groups in total. The normalized spacial score (nSPS) is 10.5. The van der Waals surface area contributed by atoms with Gasteiger partial charge < -0.3 is 10.1 Å². The fraction of sp³-hybridized carbons (Fsp3) is 0.167. The van der Waals surface area contributed by atoms with Crippen molar-refractivity contribution in [2.75, 3.05) is 11.9 Å². The van der Waals surface area contributed by atoms with Gasteiger partial charge in [-0.2, -0.15) is 5.10 Å². The summed E-state index contributed by atoms with van der Waals surface area (Å²) in [5.74, 6) is -0.994. The van der Waals surface area contributed by atoms with Crippen LogP contribution in [-0.2, 0) is 9.59 Å². The number of hydrogen-bond donors (Lipinski definition) is 2. The highest BCUT2D eigenvalue weighted by Crippen LogP contribution is 2.20. The molecule has 0 aromatic heterocycles. The number of halogens is 1. The molecule has 0 atom stereocenters. The Morgan fingerprint density at radius 1 is 1.20 bits per heavy atom. The number of nitrogens with zero attached hydrogens (tertiary/aromatic N) is 1. The Balaban J connectivity index is 1.96. The zero-order valence-corrected chi connectivity index (χ0v) is 15.5. The van der Waals surface area contributed by atoms with Gasteiger partial charge in [0.1, 0.15) is 5.75 Å². The van der Waals surface area contributed by atoms with Crippen molar-refractivity contribution >= 4 is 39.6 Å². The summed E-state index contributed by atoms with van der Waals surface area (Å²) in [5.41, 5.74) is 4.31. The van der Waals surface area contributed by atoms with Crippen molar-refractivity contribution in [2.24, 2.45) is 5.10 Å². The van der Waals surface area contributed by atoms with E-state index in [0.29, 0.717) is 23.6 Å². The van der Waals surface area contributed by atoms with Crippen molar-refractivity contribution in [1.29, 1.82) is 0 Å². The Morgan fingerprint density at radius 3 is 2.68 bits per heavy atom. The Hall–Kier alpha value is -2.67. The first kappa shape index (κ1) is 18.7. The maximum Gasteiger partial charge on any atom is 0.329 e. The second-order valence-corrected chi connectivity index (χ2v) is 6.00. The molecule has 130 valence electrons. The summed E-state index contributed by atoms with van der Waals surface area (Å²) in [4.78, 5) is 23.8. The summed E-state index contributed by atoms with van der Waals surface area (Å²) in [7, 11) is 0. The molecule has 0 spiro atoms. The molecular formula is C18H18BrN3O3. The Morgan fingerprint density at radius 2 is 1.96 bits per heavy atom. The van der Waals surface area contributed by atoms with E-state index in [2.05, 4.69) is 31.8 Å². The van der Waals surface area contributed by atoms with Crippen LogP contribution in [0.3, 0.4) is 0 Å². The molecule has 7 heteroatoms. The van der Waals surface area contributed by atoms with Crippen molar-refractivity contribution in [3.8, 4) is 5.75 Å². The zero-order chi connectivity index (χ0) is 18.2. The van der Waals surface area contributed by atoms with Crippen molar-refractivity contribution in [2.45, 2.75) is 13.8 Å². The zero-order valence-electron chi connectivity index (χ0n) is 13.9. The third kappa shape index (κ3) is 5.42. The average Bonchev–Trinajstić information content (AvgIpc) is 2.59. The van der Waals surface area contributed by atoms with Crippen LogP contribution in [0, 0.1) is 6.92 Å². The molecule has 0 aliphatic carbocycles. The van der Waals surface area contributed by atoms with Gasteiger partial charge in [0.15, 0.2) is 0 Å². The van der Waals surface area contributed by atoms with E-state index >= 15 is 0 Å². The highest BCUT2D eigenvalue weighted by molar-refractivity contribution is 9.10. The largest absolute Gasteiger partial charge is 0.493 e. The van der Waals surface area contributed by atoms with Gasteiger partial charge in [0.05, 0.1) is 12.8 Å². The maximum atomic E-state index is 11.9. The number of aryl methyl sites for hydroxylation is 1. The fourth-order valence-electron chi connectivity index (χ4n) is 2.03. The smallest absolute Gasteiger partial charge is 0.329 e. The number of anilines is 1. The van der Waals surface area contributed by atoms with Crippen LogP contribution < -0.4 is 15.5 Å². The average molecular weight is 404 g/mol. The molecule has 2 rings (SSSR count). The number of hydrazone groups is 1. The quantitative estimate of drug-likeness (QED) is 0.456. The lowest BCUT2D eigenvalue weighted by molar-refractivity contribution is -0.136. The van der Waals surface area contributed by atoms with Gasteiger partial charge in [0, 0.05) is 15.7 Å². The molecule has 0 bridgehead atoms. The Kier molecular flexibility index (Phi) is 6.71. The SMILES string of the molecule is CCOc1ccccc1/C=N/NC(=O)C(=O)Nc1ccc(Br)cc1C. The first-order chi connectivity index (χ1) is 12.0. The highest BCUT2D eigenvalue weighted by Gasteiger charge is 2.14. The van der Waals surface area contributed by atoms with Crippen LogP contribution in [0.5, 0.6) is 5.75 Å². The van der Waals surface area contributed by atoms with E-state index in [-0.39, 0.29) is 0 Å². The van der Waals surface area contributed by atoms with Crippen molar-refractivity contribution in [1.82, 2.24) is 5.43 Å². The Labute approximate surface area is 154 Å². The van der Waals surface area contributed by atoms with Crippen molar-refractivity contribution < 1.29 is 14.3 Å². The van der Waals surface area contributed by atoms with Crippen molar-refractivity contribution in [3.63, 3.8) is 0 Å². The minimum Gasteiger partial charge on any atom is -0.493 e. The van der Waals surface area contributed by atoms with Gasteiger partial charge in [0.25, 0.3) is 0 Å². The first-order valence-corrected chi connectivity index (χ1v) is 8.43. The monoisotopic (exact) mass is 403 g/mol. The number of hydrogen-bond acceptors (Lipinski definition) is 4. The van der Waals surface area contributed by atoms with Crippen LogP contribution in [-0.4, -0.2) is 24.6 Å². The molecule has 0 heterocycles. The molecular weight excluding hydrogens is 386 g/mol. The topological polar surface area (TPSA) is 79.8 Å². The van der Waals surface area contributed by atoms with E-state index in [0.717, 1.165) is 10.0 Å². The van der Waals surface area contributed by atoms with E-state index in [1.165, 1.54) is 6.21 Å². The van der Waals surface area contributed by atoms with E-state index in [1.54, 1.807) is 24.3 Å². The van der Waals surface area contributed by atoms with E-state index < -0.39 is 11.8 Å². The number of carbonyl (C=O) groups excluding carboxylic acids is 2. The van der Waals surface area contributed by atoms with Gasteiger partial charge in [0.2, 0.25) is 0 Å². The van der Waals surface area contributed by atoms with Gasteiger partial charge in [-0.3, -0.25) is 9.59 Å². The third-order valence-corrected chi connectivity index (χ3v) is 3.72. The highest BCUT2D eigenvalue weighted by atomic mass is 79.9. The fourth-order valence-corrected chi connectivity index (χ4v) is 2.51. The molecule has 0 saturated carbocycles. The molecule has 2 aromatic rings. The molecule has 0 radical (unpaired) electrons. The van der Waals surface area contributed by atoms with Crippen LogP contribution in [0.4, 0.5) is 5.69 Å². The number of ether oxygens (including phenoxy) is 1. The number of amides is 2.